The highest BCUT2D eigenvalue weighted by atomic mass is 19.4. The van der Waals surface area contributed by atoms with Crippen LogP contribution in [-0.2, 0) is 24.1 Å². The van der Waals surface area contributed by atoms with Crippen LogP contribution < -0.4 is 11.1 Å². The Hall–Kier alpha value is -3.43. The van der Waals surface area contributed by atoms with Crippen LogP contribution in [-0.4, -0.2) is 15.7 Å². The number of rotatable bonds is 5. The second-order valence-corrected chi connectivity index (χ2v) is 5.77. The van der Waals surface area contributed by atoms with Crippen molar-refractivity contribution in [3.05, 3.63) is 76.0 Å². The molecule has 10 heteroatoms. The quantitative estimate of drug-likeness (QED) is 0.674. The fourth-order valence-electron chi connectivity index (χ4n) is 2.46. The SMILES string of the molecule is O=C(Cn1nc(-c2ccccc2)oc1=O)NCc1ccc(F)cc1C(F)(F)F. The van der Waals surface area contributed by atoms with E-state index in [4.69, 9.17) is 4.42 Å². The molecule has 0 spiro atoms. The van der Waals surface area contributed by atoms with Crippen molar-refractivity contribution in [3.63, 3.8) is 0 Å². The zero-order valence-electron chi connectivity index (χ0n) is 14.2. The van der Waals surface area contributed by atoms with Gasteiger partial charge in [0.2, 0.25) is 11.8 Å². The van der Waals surface area contributed by atoms with Gasteiger partial charge in [0.15, 0.2) is 0 Å². The Morgan fingerprint density at radius 2 is 1.86 bits per heavy atom. The minimum absolute atomic E-state index is 0.0105. The van der Waals surface area contributed by atoms with Gasteiger partial charge in [0, 0.05) is 12.1 Å². The van der Waals surface area contributed by atoms with E-state index in [1.54, 1.807) is 30.3 Å². The van der Waals surface area contributed by atoms with E-state index in [1.165, 1.54) is 0 Å². The molecule has 0 atom stereocenters. The predicted molar refractivity (Wildman–Crippen MR) is 89.4 cm³/mol. The van der Waals surface area contributed by atoms with Crippen LogP contribution in [0.1, 0.15) is 11.1 Å². The third-order valence-corrected chi connectivity index (χ3v) is 3.77. The van der Waals surface area contributed by atoms with E-state index in [9.17, 15) is 27.2 Å². The summed E-state index contributed by atoms with van der Waals surface area (Å²) in [5, 5.41) is 6.14. The van der Waals surface area contributed by atoms with Gasteiger partial charge in [0.05, 0.1) is 5.56 Å². The number of amides is 1. The highest BCUT2D eigenvalue weighted by Gasteiger charge is 2.33. The van der Waals surface area contributed by atoms with Gasteiger partial charge in [-0.25, -0.2) is 9.18 Å². The van der Waals surface area contributed by atoms with Gasteiger partial charge >= 0.3 is 11.9 Å². The highest BCUT2D eigenvalue weighted by Crippen LogP contribution is 2.32. The van der Waals surface area contributed by atoms with E-state index in [2.05, 4.69) is 10.4 Å². The van der Waals surface area contributed by atoms with Gasteiger partial charge in [-0.1, -0.05) is 24.3 Å². The second kappa shape index (κ2) is 7.67. The van der Waals surface area contributed by atoms with Gasteiger partial charge in [-0.05, 0) is 29.8 Å². The van der Waals surface area contributed by atoms with Gasteiger partial charge in [-0.15, -0.1) is 5.10 Å². The maximum absolute atomic E-state index is 13.1. The lowest BCUT2D eigenvalue weighted by Crippen LogP contribution is -2.31. The molecule has 1 aromatic heterocycles. The monoisotopic (exact) mass is 395 g/mol. The largest absolute Gasteiger partial charge is 0.437 e. The summed E-state index contributed by atoms with van der Waals surface area (Å²) in [6.45, 7) is -1.04. The molecular formula is C18H13F4N3O3. The molecule has 0 aliphatic carbocycles. The van der Waals surface area contributed by atoms with Crippen LogP contribution in [0.4, 0.5) is 17.6 Å². The van der Waals surface area contributed by atoms with E-state index in [0.717, 1.165) is 16.8 Å². The molecule has 0 aliphatic rings. The van der Waals surface area contributed by atoms with Crippen molar-refractivity contribution in [3.8, 4) is 11.5 Å². The summed E-state index contributed by atoms with van der Waals surface area (Å²) in [4.78, 5) is 23.8. The minimum Gasteiger partial charge on any atom is -0.388 e. The number of carbonyl (C=O) groups is 1. The number of carbonyl (C=O) groups excluding carboxylic acids is 1. The average Bonchev–Trinajstić information content (AvgIpc) is 3.01. The molecule has 0 fully saturated rings. The molecule has 146 valence electrons. The zero-order valence-corrected chi connectivity index (χ0v) is 14.2. The summed E-state index contributed by atoms with van der Waals surface area (Å²) in [5.41, 5.74) is -0.961. The standard InChI is InChI=1S/C18H13F4N3O3/c19-13-7-6-12(14(8-13)18(20,21)22)9-23-15(26)10-25-17(27)28-16(24-25)11-4-2-1-3-5-11/h1-8H,9-10H2,(H,23,26). The van der Waals surface area contributed by atoms with Crippen molar-refractivity contribution >= 4 is 5.91 Å². The molecule has 3 rings (SSSR count). The van der Waals surface area contributed by atoms with Crippen LogP contribution in [0.25, 0.3) is 11.5 Å². The molecule has 0 bridgehead atoms. The summed E-state index contributed by atoms with van der Waals surface area (Å²) in [7, 11) is 0. The molecule has 0 radical (unpaired) electrons. The normalized spacial score (nSPS) is 11.4. The number of benzene rings is 2. The first-order valence-corrected chi connectivity index (χ1v) is 8.00. The van der Waals surface area contributed by atoms with Crippen molar-refractivity contribution in [2.45, 2.75) is 19.3 Å². The van der Waals surface area contributed by atoms with Gasteiger partial charge in [-0.2, -0.15) is 17.9 Å². The Kier molecular flexibility index (Phi) is 5.30. The number of aromatic nitrogens is 2. The molecule has 1 heterocycles. The Labute approximate surface area is 155 Å². The summed E-state index contributed by atoms with van der Waals surface area (Å²) >= 11 is 0. The molecule has 28 heavy (non-hydrogen) atoms. The van der Waals surface area contributed by atoms with Crippen molar-refractivity contribution in [2.24, 2.45) is 0 Å². The van der Waals surface area contributed by atoms with Crippen LogP contribution in [0.3, 0.4) is 0 Å². The molecule has 1 N–H and O–H groups in total. The Bertz CT molecular complexity index is 1040. The molecule has 1 amide bonds. The third kappa shape index (κ3) is 4.45. The van der Waals surface area contributed by atoms with E-state index >= 15 is 0 Å². The molecular weight excluding hydrogens is 382 g/mol. The second-order valence-electron chi connectivity index (χ2n) is 5.77. The van der Waals surface area contributed by atoms with E-state index < -0.39 is 42.3 Å². The number of nitrogens with zero attached hydrogens (tertiary/aromatic N) is 2. The summed E-state index contributed by atoms with van der Waals surface area (Å²) < 4.78 is 57.7. The van der Waals surface area contributed by atoms with E-state index in [-0.39, 0.29) is 11.5 Å². The van der Waals surface area contributed by atoms with Gasteiger partial charge < -0.3 is 9.73 Å². The molecule has 6 nitrogen and oxygen atoms in total. The minimum atomic E-state index is -4.77. The fraction of sp³-hybridized carbons (Fsp3) is 0.167. The third-order valence-electron chi connectivity index (χ3n) is 3.77. The fourth-order valence-corrected chi connectivity index (χ4v) is 2.46. The molecule has 0 aliphatic heterocycles. The lowest BCUT2D eigenvalue weighted by Gasteiger charge is -2.13. The van der Waals surface area contributed by atoms with Crippen LogP contribution in [0, 0.1) is 5.82 Å². The topological polar surface area (TPSA) is 77.1 Å². The highest BCUT2D eigenvalue weighted by molar-refractivity contribution is 5.75. The Morgan fingerprint density at radius 1 is 1.14 bits per heavy atom. The smallest absolute Gasteiger partial charge is 0.388 e. The van der Waals surface area contributed by atoms with Gasteiger partial charge in [0.1, 0.15) is 12.4 Å². The van der Waals surface area contributed by atoms with Crippen molar-refractivity contribution in [1.29, 1.82) is 0 Å². The number of halogens is 4. The maximum Gasteiger partial charge on any atom is 0.437 e. The first kappa shape index (κ1) is 19.3. The van der Waals surface area contributed by atoms with Crippen LogP contribution in [0.5, 0.6) is 0 Å². The first-order chi connectivity index (χ1) is 13.2. The summed E-state index contributed by atoms with van der Waals surface area (Å²) in [6, 6.07) is 10.7. The number of alkyl halides is 3. The lowest BCUT2D eigenvalue weighted by atomic mass is 10.1. The molecule has 3 aromatic rings. The Morgan fingerprint density at radius 3 is 2.54 bits per heavy atom. The molecule has 0 saturated heterocycles. The average molecular weight is 395 g/mol. The Balaban J connectivity index is 1.69. The lowest BCUT2D eigenvalue weighted by molar-refractivity contribution is -0.138. The summed E-state index contributed by atoms with van der Waals surface area (Å²) in [6.07, 6.45) is -4.77. The van der Waals surface area contributed by atoms with Gasteiger partial charge in [0.25, 0.3) is 0 Å². The van der Waals surface area contributed by atoms with Crippen molar-refractivity contribution < 1.29 is 26.8 Å². The van der Waals surface area contributed by atoms with E-state index in [0.29, 0.717) is 11.6 Å². The zero-order chi connectivity index (χ0) is 20.3. The van der Waals surface area contributed by atoms with Crippen LogP contribution >= 0.6 is 0 Å². The van der Waals surface area contributed by atoms with Crippen LogP contribution in [0.15, 0.2) is 57.7 Å². The molecule has 0 saturated carbocycles. The van der Waals surface area contributed by atoms with E-state index in [1.807, 2.05) is 0 Å². The maximum atomic E-state index is 13.1. The molecule has 0 unspecified atom stereocenters. The number of nitrogens with one attached hydrogen (secondary N) is 1. The number of hydrogen-bond acceptors (Lipinski definition) is 4. The summed E-state index contributed by atoms with van der Waals surface area (Å²) in [5.74, 6) is -2.67. The molecule has 2 aromatic carbocycles. The number of hydrogen-bond donors (Lipinski definition) is 1. The predicted octanol–water partition coefficient (Wildman–Crippen LogP) is 2.98. The van der Waals surface area contributed by atoms with Gasteiger partial charge in [-0.3, -0.25) is 4.79 Å². The van der Waals surface area contributed by atoms with Crippen molar-refractivity contribution in [1.82, 2.24) is 15.1 Å². The van der Waals surface area contributed by atoms with Crippen molar-refractivity contribution in [2.75, 3.05) is 0 Å². The first-order valence-electron chi connectivity index (χ1n) is 8.00. The van der Waals surface area contributed by atoms with Crippen LogP contribution in [0.2, 0.25) is 0 Å².